The molecule has 0 bridgehead atoms. The van der Waals surface area contributed by atoms with Crippen LogP contribution in [0.4, 0.5) is 0 Å². The lowest BCUT2D eigenvalue weighted by atomic mass is 10.0. The predicted molar refractivity (Wildman–Crippen MR) is 69.9 cm³/mol. The quantitative estimate of drug-likeness (QED) is 0.809. The Balaban J connectivity index is 0.00000108. The fourth-order valence-corrected chi connectivity index (χ4v) is 3.12. The molecular weight excluding hydrogens is 236 g/mol. The minimum Gasteiger partial charge on any atom is -0.353 e. The molecular formula is C13H23ClN2O. The zero-order valence-corrected chi connectivity index (χ0v) is 11.0. The van der Waals surface area contributed by atoms with Gasteiger partial charge in [-0.05, 0) is 50.4 Å². The number of amides is 1. The molecule has 0 aromatic heterocycles. The van der Waals surface area contributed by atoms with Crippen LogP contribution in [0.25, 0.3) is 0 Å². The molecule has 0 heterocycles. The van der Waals surface area contributed by atoms with Crippen LogP contribution in [0.2, 0.25) is 0 Å². The normalized spacial score (nSPS) is 32.4. The topological polar surface area (TPSA) is 55.1 Å². The first-order valence-electron chi connectivity index (χ1n) is 6.81. The molecule has 3 aliphatic carbocycles. The highest BCUT2D eigenvalue weighted by Crippen LogP contribution is 2.44. The van der Waals surface area contributed by atoms with Crippen LogP contribution in [0.3, 0.4) is 0 Å². The van der Waals surface area contributed by atoms with E-state index in [0.29, 0.717) is 6.04 Å². The molecule has 2 unspecified atom stereocenters. The maximum Gasteiger partial charge on any atom is 0.224 e. The number of nitrogens with one attached hydrogen (secondary N) is 1. The van der Waals surface area contributed by atoms with Gasteiger partial charge in [0.1, 0.15) is 0 Å². The lowest BCUT2D eigenvalue weighted by Gasteiger charge is -2.22. The summed E-state index contributed by atoms with van der Waals surface area (Å²) in [6, 6.07) is 0.597. The van der Waals surface area contributed by atoms with E-state index in [-0.39, 0.29) is 30.3 Å². The van der Waals surface area contributed by atoms with Gasteiger partial charge in [0.05, 0.1) is 5.92 Å². The van der Waals surface area contributed by atoms with Crippen LogP contribution in [0.1, 0.15) is 44.9 Å². The first-order valence-corrected chi connectivity index (χ1v) is 6.81. The van der Waals surface area contributed by atoms with Crippen molar-refractivity contribution in [2.75, 3.05) is 0 Å². The van der Waals surface area contributed by atoms with E-state index in [4.69, 9.17) is 5.73 Å². The molecule has 3 saturated carbocycles. The molecule has 3 fully saturated rings. The number of halogens is 1. The largest absolute Gasteiger partial charge is 0.353 e. The van der Waals surface area contributed by atoms with Crippen LogP contribution < -0.4 is 11.1 Å². The molecule has 3 rings (SSSR count). The zero-order chi connectivity index (χ0) is 11.1. The summed E-state index contributed by atoms with van der Waals surface area (Å²) in [5.41, 5.74) is 5.98. The Kier molecular flexibility index (Phi) is 3.99. The van der Waals surface area contributed by atoms with Crippen molar-refractivity contribution in [3.8, 4) is 0 Å². The molecule has 0 saturated heterocycles. The molecule has 0 aliphatic heterocycles. The summed E-state index contributed by atoms with van der Waals surface area (Å²) in [6.45, 7) is 0. The molecule has 0 radical (unpaired) electrons. The van der Waals surface area contributed by atoms with Crippen molar-refractivity contribution >= 4 is 18.3 Å². The van der Waals surface area contributed by atoms with E-state index in [2.05, 4.69) is 5.32 Å². The Morgan fingerprint density at radius 1 is 1.06 bits per heavy atom. The number of hydrogen-bond acceptors (Lipinski definition) is 2. The first kappa shape index (κ1) is 13.2. The van der Waals surface area contributed by atoms with E-state index in [1.54, 1.807) is 0 Å². The predicted octanol–water partition coefficient (Wildman–Crippen LogP) is 1.84. The lowest BCUT2D eigenvalue weighted by molar-refractivity contribution is -0.126. The van der Waals surface area contributed by atoms with E-state index < -0.39 is 0 Å². The van der Waals surface area contributed by atoms with Gasteiger partial charge in [-0.15, -0.1) is 12.4 Å². The van der Waals surface area contributed by atoms with E-state index in [0.717, 1.165) is 31.1 Å². The Morgan fingerprint density at radius 2 is 1.65 bits per heavy atom. The fourth-order valence-electron chi connectivity index (χ4n) is 3.12. The molecule has 3 N–H and O–H groups in total. The molecule has 4 heteroatoms. The van der Waals surface area contributed by atoms with E-state index in [1.165, 1.54) is 25.7 Å². The molecule has 0 aromatic carbocycles. The second kappa shape index (κ2) is 5.15. The third-order valence-corrected chi connectivity index (χ3v) is 4.47. The van der Waals surface area contributed by atoms with Crippen molar-refractivity contribution in [3.63, 3.8) is 0 Å². The Hall–Kier alpha value is -0.280. The van der Waals surface area contributed by atoms with Gasteiger partial charge >= 0.3 is 0 Å². The van der Waals surface area contributed by atoms with Crippen molar-refractivity contribution in [1.82, 2.24) is 5.32 Å². The number of nitrogens with two attached hydrogens (primary N) is 1. The maximum atomic E-state index is 12.1. The summed E-state index contributed by atoms with van der Waals surface area (Å²) in [6.07, 6.45) is 8.41. The summed E-state index contributed by atoms with van der Waals surface area (Å²) in [5, 5.41) is 3.29. The maximum absolute atomic E-state index is 12.1. The molecule has 1 amide bonds. The van der Waals surface area contributed by atoms with Crippen LogP contribution in [0.15, 0.2) is 0 Å². The van der Waals surface area contributed by atoms with E-state index in [9.17, 15) is 4.79 Å². The van der Waals surface area contributed by atoms with Crippen molar-refractivity contribution in [2.24, 2.45) is 23.5 Å². The smallest absolute Gasteiger partial charge is 0.224 e. The minimum atomic E-state index is 0. The third kappa shape index (κ3) is 2.94. The van der Waals surface area contributed by atoms with Gasteiger partial charge in [-0.2, -0.15) is 0 Å². The molecule has 3 aliphatic rings. The number of carbonyl (C=O) groups is 1. The Bertz CT molecular complexity index is 277. The van der Waals surface area contributed by atoms with Gasteiger partial charge in [-0.25, -0.2) is 0 Å². The number of hydrogen-bond donors (Lipinski definition) is 2. The van der Waals surface area contributed by atoms with Crippen molar-refractivity contribution in [2.45, 2.75) is 57.0 Å². The standard InChI is InChI=1S/C13H22N2O.ClH/c14-11-3-1-2-10(11)13(16)15-12(8-4-5-8)9-6-7-9;/h8-12H,1-7,14H2,(H,15,16);1H. The molecule has 3 nitrogen and oxygen atoms in total. The summed E-state index contributed by atoms with van der Waals surface area (Å²) >= 11 is 0. The van der Waals surface area contributed by atoms with Gasteiger partial charge in [0.25, 0.3) is 0 Å². The van der Waals surface area contributed by atoms with Gasteiger partial charge in [-0.1, -0.05) is 6.42 Å². The van der Waals surface area contributed by atoms with Gasteiger partial charge in [-0.3, -0.25) is 4.79 Å². The second-order valence-electron chi connectivity index (χ2n) is 5.91. The highest BCUT2D eigenvalue weighted by atomic mass is 35.5. The molecule has 17 heavy (non-hydrogen) atoms. The first-order chi connectivity index (χ1) is 7.75. The van der Waals surface area contributed by atoms with E-state index >= 15 is 0 Å². The molecule has 0 spiro atoms. The minimum absolute atomic E-state index is 0. The lowest BCUT2D eigenvalue weighted by Crippen LogP contribution is -2.45. The van der Waals surface area contributed by atoms with E-state index in [1.807, 2.05) is 0 Å². The average molecular weight is 259 g/mol. The highest BCUT2D eigenvalue weighted by molar-refractivity contribution is 5.85. The van der Waals surface area contributed by atoms with Gasteiger partial charge in [0.15, 0.2) is 0 Å². The van der Waals surface area contributed by atoms with Crippen molar-refractivity contribution < 1.29 is 4.79 Å². The Labute approximate surface area is 109 Å². The Morgan fingerprint density at radius 3 is 2.06 bits per heavy atom. The number of carbonyl (C=O) groups excluding carboxylic acids is 1. The second-order valence-corrected chi connectivity index (χ2v) is 5.91. The van der Waals surface area contributed by atoms with Crippen LogP contribution in [0.5, 0.6) is 0 Å². The van der Waals surface area contributed by atoms with Gasteiger partial charge in [0, 0.05) is 12.1 Å². The van der Waals surface area contributed by atoms with Crippen molar-refractivity contribution in [3.05, 3.63) is 0 Å². The highest BCUT2D eigenvalue weighted by Gasteiger charge is 2.43. The third-order valence-electron chi connectivity index (χ3n) is 4.47. The fraction of sp³-hybridized carbons (Fsp3) is 0.923. The van der Waals surface area contributed by atoms with Crippen LogP contribution in [0, 0.1) is 17.8 Å². The van der Waals surface area contributed by atoms with Gasteiger partial charge < -0.3 is 11.1 Å². The van der Waals surface area contributed by atoms with Crippen LogP contribution in [-0.2, 0) is 4.79 Å². The summed E-state index contributed by atoms with van der Waals surface area (Å²) < 4.78 is 0. The summed E-state index contributed by atoms with van der Waals surface area (Å²) in [5.74, 6) is 1.91. The summed E-state index contributed by atoms with van der Waals surface area (Å²) in [4.78, 5) is 12.1. The SMILES string of the molecule is Cl.NC1CCCC1C(=O)NC(C1CC1)C1CC1. The average Bonchev–Trinajstić information content (AvgIpc) is 3.14. The molecule has 2 atom stereocenters. The number of rotatable bonds is 4. The molecule has 0 aromatic rings. The monoisotopic (exact) mass is 258 g/mol. The zero-order valence-electron chi connectivity index (χ0n) is 10.2. The molecule has 98 valence electrons. The van der Waals surface area contributed by atoms with Gasteiger partial charge in [0.2, 0.25) is 5.91 Å². The van der Waals surface area contributed by atoms with Crippen LogP contribution in [-0.4, -0.2) is 18.0 Å². The summed E-state index contributed by atoms with van der Waals surface area (Å²) in [7, 11) is 0. The van der Waals surface area contributed by atoms with Crippen LogP contribution >= 0.6 is 12.4 Å². The van der Waals surface area contributed by atoms with Crippen molar-refractivity contribution in [1.29, 1.82) is 0 Å².